The van der Waals surface area contributed by atoms with Crippen LogP contribution in [0.2, 0.25) is 0 Å². The Bertz CT molecular complexity index is 389. The minimum absolute atomic E-state index is 0.429. The van der Waals surface area contributed by atoms with Gasteiger partial charge in [-0.15, -0.1) is 0 Å². The van der Waals surface area contributed by atoms with Crippen LogP contribution in [0.5, 0.6) is 0 Å². The van der Waals surface area contributed by atoms with Crippen LogP contribution in [0.1, 0.15) is 0 Å². The first-order valence-corrected chi connectivity index (χ1v) is 3.71. The summed E-state index contributed by atoms with van der Waals surface area (Å²) in [6, 6.07) is 3.30. The van der Waals surface area contributed by atoms with Gasteiger partial charge in [-0.3, -0.25) is 0 Å². The van der Waals surface area contributed by atoms with Crippen molar-refractivity contribution in [2.75, 3.05) is 0 Å². The summed E-state index contributed by atoms with van der Waals surface area (Å²) in [7, 11) is 0. The molecule has 0 bridgehead atoms. The van der Waals surface area contributed by atoms with Crippen molar-refractivity contribution in [2.45, 2.75) is 0 Å². The zero-order chi connectivity index (χ0) is 9.26. The predicted molar refractivity (Wildman–Crippen MR) is 43.9 cm³/mol. The molecule has 0 radical (unpaired) electrons. The molecule has 1 aromatic heterocycles. The van der Waals surface area contributed by atoms with Crippen LogP contribution in [-0.2, 0) is 0 Å². The van der Waals surface area contributed by atoms with E-state index >= 15 is 0 Å². The van der Waals surface area contributed by atoms with Gasteiger partial charge in [-0.05, 0) is 12.1 Å². The van der Waals surface area contributed by atoms with Crippen molar-refractivity contribution in [3.63, 3.8) is 0 Å². The second-order valence-electron chi connectivity index (χ2n) is 2.61. The molecule has 4 heteroatoms. The van der Waals surface area contributed by atoms with E-state index < -0.39 is 11.6 Å². The largest absolute Gasteiger partial charge is 0.351 e. The van der Waals surface area contributed by atoms with Gasteiger partial charge < -0.3 is 4.98 Å². The maximum absolute atomic E-state index is 12.7. The Morgan fingerprint density at radius 2 is 1.77 bits per heavy atom. The summed E-state index contributed by atoms with van der Waals surface area (Å²) in [6.45, 7) is 0. The summed E-state index contributed by atoms with van der Waals surface area (Å²) in [5.41, 5.74) is 0.956. The number of rotatable bonds is 1. The van der Waals surface area contributed by atoms with Crippen LogP contribution in [0.15, 0.2) is 30.7 Å². The van der Waals surface area contributed by atoms with Gasteiger partial charge in [0.05, 0.1) is 12.0 Å². The predicted octanol–water partition coefficient (Wildman–Crippen LogP) is 2.35. The topological polar surface area (TPSA) is 28.7 Å². The molecule has 1 heterocycles. The van der Waals surface area contributed by atoms with Gasteiger partial charge in [0.25, 0.3) is 0 Å². The highest BCUT2D eigenvalue weighted by atomic mass is 19.1. The minimum atomic E-state index is -0.599. The van der Waals surface area contributed by atoms with Crippen LogP contribution in [-0.4, -0.2) is 9.97 Å². The van der Waals surface area contributed by atoms with E-state index in [2.05, 4.69) is 9.97 Å². The lowest BCUT2D eigenvalue weighted by Gasteiger charge is -1.96. The highest BCUT2D eigenvalue weighted by Gasteiger charge is 2.03. The monoisotopic (exact) mass is 180 g/mol. The molecule has 0 aliphatic rings. The van der Waals surface area contributed by atoms with Gasteiger partial charge in [0.15, 0.2) is 0 Å². The van der Waals surface area contributed by atoms with E-state index in [0.717, 1.165) is 6.07 Å². The Morgan fingerprint density at radius 1 is 1.08 bits per heavy atom. The maximum atomic E-state index is 12.7. The van der Waals surface area contributed by atoms with Crippen molar-refractivity contribution >= 4 is 0 Å². The number of H-pyrrole nitrogens is 1. The molecule has 0 fully saturated rings. The highest BCUT2D eigenvalue weighted by molar-refractivity contribution is 5.57. The van der Waals surface area contributed by atoms with Gasteiger partial charge in [0.1, 0.15) is 11.6 Å². The van der Waals surface area contributed by atoms with Crippen LogP contribution >= 0.6 is 0 Å². The summed E-state index contributed by atoms with van der Waals surface area (Å²) >= 11 is 0. The van der Waals surface area contributed by atoms with Gasteiger partial charge in [-0.1, -0.05) is 0 Å². The number of halogens is 2. The van der Waals surface area contributed by atoms with Crippen molar-refractivity contribution in [2.24, 2.45) is 0 Å². The number of hydrogen-bond acceptors (Lipinski definition) is 1. The first-order valence-electron chi connectivity index (χ1n) is 3.71. The summed E-state index contributed by atoms with van der Waals surface area (Å²) in [5, 5.41) is 0. The molecule has 2 nitrogen and oxygen atoms in total. The fourth-order valence-electron chi connectivity index (χ4n) is 1.12. The molecule has 0 unspecified atom stereocenters. The van der Waals surface area contributed by atoms with E-state index in [4.69, 9.17) is 0 Å². The molecule has 2 aromatic rings. The number of aromatic amines is 1. The molecule has 0 saturated carbocycles. The second-order valence-corrected chi connectivity index (χ2v) is 2.61. The number of hydrogen-bond donors (Lipinski definition) is 1. The van der Waals surface area contributed by atoms with Crippen molar-refractivity contribution in [1.29, 1.82) is 0 Å². The van der Waals surface area contributed by atoms with Crippen LogP contribution < -0.4 is 0 Å². The van der Waals surface area contributed by atoms with E-state index in [1.54, 1.807) is 6.20 Å². The number of benzene rings is 1. The van der Waals surface area contributed by atoms with E-state index in [9.17, 15) is 8.78 Å². The molecular weight excluding hydrogens is 174 g/mol. The molecular formula is C9H6F2N2. The Labute approximate surface area is 73.2 Å². The van der Waals surface area contributed by atoms with Crippen molar-refractivity contribution in [1.82, 2.24) is 9.97 Å². The fraction of sp³-hybridized carbons (Fsp3) is 0. The quantitative estimate of drug-likeness (QED) is 0.716. The van der Waals surface area contributed by atoms with Crippen molar-refractivity contribution < 1.29 is 8.78 Å². The van der Waals surface area contributed by atoms with Crippen LogP contribution in [0, 0.1) is 11.6 Å². The Kier molecular flexibility index (Phi) is 1.81. The normalized spacial score (nSPS) is 10.3. The third kappa shape index (κ3) is 1.56. The number of nitrogens with zero attached hydrogens (tertiary/aromatic N) is 1. The van der Waals surface area contributed by atoms with Gasteiger partial charge in [-0.25, -0.2) is 13.8 Å². The molecule has 2 rings (SSSR count). The lowest BCUT2D eigenvalue weighted by atomic mass is 10.1. The maximum Gasteiger partial charge on any atom is 0.126 e. The van der Waals surface area contributed by atoms with E-state index in [1.165, 1.54) is 18.5 Å². The van der Waals surface area contributed by atoms with Crippen LogP contribution in [0.25, 0.3) is 11.3 Å². The zero-order valence-corrected chi connectivity index (χ0v) is 6.59. The molecule has 0 atom stereocenters. The lowest BCUT2D eigenvalue weighted by molar-refractivity contribution is 0.584. The zero-order valence-electron chi connectivity index (χ0n) is 6.59. The molecule has 13 heavy (non-hydrogen) atoms. The summed E-state index contributed by atoms with van der Waals surface area (Å²) < 4.78 is 25.5. The molecule has 0 saturated heterocycles. The average molecular weight is 180 g/mol. The first kappa shape index (κ1) is 7.91. The number of nitrogens with one attached hydrogen (secondary N) is 1. The molecule has 1 aromatic carbocycles. The van der Waals surface area contributed by atoms with E-state index in [1.807, 2.05) is 0 Å². The van der Waals surface area contributed by atoms with Crippen molar-refractivity contribution in [3.8, 4) is 11.3 Å². The number of aromatic nitrogens is 2. The van der Waals surface area contributed by atoms with E-state index in [0.29, 0.717) is 11.3 Å². The minimum Gasteiger partial charge on any atom is -0.351 e. The second kappa shape index (κ2) is 2.97. The lowest BCUT2D eigenvalue weighted by Crippen LogP contribution is -1.83. The fourth-order valence-corrected chi connectivity index (χ4v) is 1.12. The molecule has 0 spiro atoms. The summed E-state index contributed by atoms with van der Waals surface area (Å²) in [5.74, 6) is -1.20. The first-order chi connectivity index (χ1) is 6.25. The van der Waals surface area contributed by atoms with Crippen LogP contribution in [0.3, 0.4) is 0 Å². The van der Waals surface area contributed by atoms with Crippen LogP contribution in [0.4, 0.5) is 8.78 Å². The average Bonchev–Trinajstić information content (AvgIpc) is 2.53. The molecule has 0 amide bonds. The van der Waals surface area contributed by atoms with Gasteiger partial charge in [0.2, 0.25) is 0 Å². The third-order valence-corrected chi connectivity index (χ3v) is 1.66. The third-order valence-electron chi connectivity index (χ3n) is 1.66. The standard InChI is InChI=1S/C9H6F2N2/c10-7-1-6(2-8(11)3-7)9-4-12-5-13-9/h1-5H,(H,12,13). The molecule has 0 aliphatic carbocycles. The smallest absolute Gasteiger partial charge is 0.126 e. The van der Waals surface area contributed by atoms with Gasteiger partial charge >= 0.3 is 0 Å². The van der Waals surface area contributed by atoms with Crippen molar-refractivity contribution in [3.05, 3.63) is 42.4 Å². The summed E-state index contributed by atoms with van der Waals surface area (Å²) in [4.78, 5) is 6.59. The highest BCUT2D eigenvalue weighted by Crippen LogP contribution is 2.18. The molecule has 66 valence electrons. The summed E-state index contributed by atoms with van der Waals surface area (Å²) in [6.07, 6.45) is 3.03. The molecule has 1 N–H and O–H groups in total. The van der Waals surface area contributed by atoms with E-state index in [-0.39, 0.29) is 0 Å². The Morgan fingerprint density at radius 3 is 2.31 bits per heavy atom. The van der Waals surface area contributed by atoms with Gasteiger partial charge in [0, 0.05) is 17.8 Å². The Balaban J connectivity index is 2.53. The Hall–Kier alpha value is -1.71. The SMILES string of the molecule is Fc1cc(F)cc(-c2c[nH]cn2)c1. The molecule has 0 aliphatic heterocycles. The van der Waals surface area contributed by atoms with Gasteiger partial charge in [-0.2, -0.15) is 0 Å². The number of imidazole rings is 1.